The Morgan fingerprint density at radius 2 is 1.50 bits per heavy atom. The second-order valence-corrected chi connectivity index (χ2v) is 13.8. The number of hydrogen-bond donors (Lipinski definition) is 1. The van der Waals surface area contributed by atoms with Crippen molar-refractivity contribution in [3.63, 3.8) is 0 Å². The molecule has 1 N–H and O–H groups in total. The zero-order valence-electron chi connectivity index (χ0n) is 28.0. The Morgan fingerprint density at radius 1 is 0.854 bits per heavy atom. The van der Waals surface area contributed by atoms with E-state index in [0.29, 0.717) is 22.9 Å². The largest absolute Gasteiger partial charge is 0.497 e. The van der Waals surface area contributed by atoms with Crippen LogP contribution in [0, 0.1) is 0 Å². The molecule has 0 saturated heterocycles. The molecule has 1 unspecified atom stereocenters. The van der Waals surface area contributed by atoms with Crippen LogP contribution in [0.15, 0.2) is 65.6 Å². The fraction of sp³-hybridized carbons (Fsp3) is 0.429. The second kappa shape index (κ2) is 16.8. The number of nitrogens with one attached hydrogen (secondary N) is 1. The number of hydrogen-bond acceptors (Lipinski definition) is 8. The normalized spacial score (nSPS) is 14.0. The van der Waals surface area contributed by atoms with Crippen molar-refractivity contribution in [1.82, 2.24) is 10.2 Å². The van der Waals surface area contributed by atoms with Crippen LogP contribution in [0.3, 0.4) is 0 Å². The Kier molecular flexibility index (Phi) is 12.8. The molecule has 0 heterocycles. The number of anilines is 1. The van der Waals surface area contributed by atoms with E-state index < -0.39 is 28.5 Å². The van der Waals surface area contributed by atoms with Crippen LogP contribution in [-0.2, 0) is 26.2 Å². The lowest BCUT2D eigenvalue weighted by Gasteiger charge is -2.34. The zero-order valence-corrected chi connectivity index (χ0v) is 29.6. The van der Waals surface area contributed by atoms with E-state index in [1.54, 1.807) is 36.4 Å². The second-order valence-electron chi connectivity index (χ2n) is 11.5. The fourth-order valence-electron chi connectivity index (χ4n) is 5.86. The van der Waals surface area contributed by atoms with Crippen molar-refractivity contribution < 1.29 is 37.0 Å². The average Bonchev–Trinajstić information content (AvgIpc) is 3.10. The van der Waals surface area contributed by atoms with Crippen molar-refractivity contribution in [1.29, 1.82) is 0 Å². The lowest BCUT2D eigenvalue weighted by atomic mass is 9.95. The van der Waals surface area contributed by atoms with Gasteiger partial charge in [0, 0.05) is 29.7 Å². The molecule has 1 aliphatic carbocycles. The summed E-state index contributed by atoms with van der Waals surface area (Å²) in [6.07, 6.45) is 5.24. The average molecular weight is 702 g/mol. The van der Waals surface area contributed by atoms with Gasteiger partial charge in [0.15, 0.2) is 11.5 Å². The summed E-state index contributed by atoms with van der Waals surface area (Å²) < 4.78 is 51.7. The molecular weight excluding hydrogens is 658 g/mol. The molecule has 0 radical (unpaired) electrons. The minimum absolute atomic E-state index is 0.0238. The van der Waals surface area contributed by atoms with Crippen molar-refractivity contribution in [2.75, 3.05) is 39.3 Å². The molecule has 0 spiro atoms. The van der Waals surface area contributed by atoms with E-state index in [2.05, 4.69) is 5.32 Å². The number of halogens is 1. The maximum Gasteiger partial charge on any atom is 0.265 e. The summed E-state index contributed by atoms with van der Waals surface area (Å²) in [7, 11) is 1.25. The number of rotatable bonds is 15. The monoisotopic (exact) mass is 701 g/mol. The molecule has 1 atom stereocenters. The van der Waals surface area contributed by atoms with Gasteiger partial charge in [-0.05, 0) is 61.2 Å². The molecule has 260 valence electrons. The minimum Gasteiger partial charge on any atom is -0.497 e. The summed E-state index contributed by atoms with van der Waals surface area (Å²) >= 11 is 6.14. The topological polar surface area (TPSA) is 124 Å². The summed E-state index contributed by atoms with van der Waals surface area (Å²) in [6.45, 7) is 1.23. The lowest BCUT2D eigenvalue weighted by molar-refractivity contribution is -0.140. The summed E-state index contributed by atoms with van der Waals surface area (Å²) in [5, 5.41) is 3.67. The van der Waals surface area contributed by atoms with Gasteiger partial charge in [0.25, 0.3) is 10.0 Å². The van der Waals surface area contributed by atoms with Gasteiger partial charge in [-0.15, -0.1) is 0 Å². The van der Waals surface area contributed by atoms with E-state index in [1.165, 1.54) is 57.6 Å². The molecular formula is C35H44ClN3O8S. The van der Waals surface area contributed by atoms with Crippen molar-refractivity contribution in [3.8, 4) is 23.0 Å². The number of carbonyl (C=O) groups is 2. The van der Waals surface area contributed by atoms with Crippen LogP contribution >= 0.6 is 11.6 Å². The Labute approximate surface area is 288 Å². The maximum atomic E-state index is 14.5. The van der Waals surface area contributed by atoms with Crippen molar-refractivity contribution in [3.05, 3.63) is 71.2 Å². The van der Waals surface area contributed by atoms with Crippen LogP contribution < -0.4 is 28.6 Å². The number of carbonyl (C=O) groups excluding carboxylic acids is 2. The summed E-state index contributed by atoms with van der Waals surface area (Å²) in [5.74, 6) is 0.199. The maximum absolute atomic E-state index is 14.5. The predicted octanol–water partition coefficient (Wildman–Crippen LogP) is 5.83. The summed E-state index contributed by atoms with van der Waals surface area (Å²) in [4.78, 5) is 29.6. The summed E-state index contributed by atoms with van der Waals surface area (Å²) in [6, 6.07) is 15.0. The fourth-order valence-corrected chi connectivity index (χ4v) is 7.42. The van der Waals surface area contributed by atoms with Crippen LogP contribution in [0.25, 0.3) is 0 Å². The summed E-state index contributed by atoms with van der Waals surface area (Å²) in [5.41, 5.74) is 0.802. The Balaban J connectivity index is 1.81. The third-order valence-corrected chi connectivity index (χ3v) is 10.5. The quantitative estimate of drug-likeness (QED) is 0.210. The van der Waals surface area contributed by atoms with Gasteiger partial charge in [0.1, 0.15) is 24.1 Å². The molecule has 1 saturated carbocycles. The highest BCUT2D eigenvalue weighted by atomic mass is 35.5. The van der Waals surface area contributed by atoms with Crippen LogP contribution in [0.5, 0.6) is 23.0 Å². The number of sulfonamides is 1. The van der Waals surface area contributed by atoms with Gasteiger partial charge < -0.3 is 29.2 Å². The third kappa shape index (κ3) is 8.65. The Hall–Kier alpha value is -4.16. The minimum atomic E-state index is -4.45. The van der Waals surface area contributed by atoms with E-state index >= 15 is 0 Å². The molecule has 48 heavy (non-hydrogen) atoms. The first-order valence-corrected chi connectivity index (χ1v) is 17.7. The number of amides is 2. The highest BCUT2D eigenvalue weighted by molar-refractivity contribution is 7.92. The molecule has 11 nitrogen and oxygen atoms in total. The van der Waals surface area contributed by atoms with Gasteiger partial charge >= 0.3 is 0 Å². The number of methoxy groups -OCH3 is 4. The molecule has 2 amide bonds. The predicted molar refractivity (Wildman–Crippen MR) is 185 cm³/mol. The van der Waals surface area contributed by atoms with Crippen LogP contribution in [0.2, 0.25) is 5.02 Å². The molecule has 0 bridgehead atoms. The molecule has 1 fully saturated rings. The van der Waals surface area contributed by atoms with Gasteiger partial charge in [0.05, 0.1) is 39.0 Å². The third-order valence-electron chi connectivity index (χ3n) is 8.48. The molecule has 4 rings (SSSR count). The van der Waals surface area contributed by atoms with E-state index in [-0.39, 0.29) is 40.6 Å². The first kappa shape index (κ1) is 36.7. The molecule has 13 heteroatoms. The van der Waals surface area contributed by atoms with Gasteiger partial charge in [0.2, 0.25) is 11.8 Å². The number of benzene rings is 3. The van der Waals surface area contributed by atoms with Gasteiger partial charge in [-0.25, -0.2) is 8.42 Å². The highest BCUT2D eigenvalue weighted by Crippen LogP contribution is 2.38. The van der Waals surface area contributed by atoms with E-state index in [9.17, 15) is 18.0 Å². The van der Waals surface area contributed by atoms with Crippen LogP contribution in [-0.4, -0.2) is 72.2 Å². The van der Waals surface area contributed by atoms with Crippen molar-refractivity contribution in [2.24, 2.45) is 0 Å². The van der Waals surface area contributed by atoms with E-state index in [0.717, 1.165) is 42.0 Å². The lowest BCUT2D eigenvalue weighted by Crippen LogP contribution is -2.54. The standard InChI is InChI=1S/C35H44ClN3O8S/c1-6-29(35(41)37-26-10-8-7-9-11-26)38(22-24-12-14-25(36)15-13-24)34(40)23-39(30-20-27(44-2)16-18-31(30)45-3)48(42,43)28-17-19-32(46-4)33(21-28)47-5/h12-21,26,29H,6-11,22-23H2,1-5H3,(H,37,41). The molecule has 3 aromatic carbocycles. The first-order valence-electron chi connectivity index (χ1n) is 15.9. The van der Waals surface area contributed by atoms with Crippen molar-refractivity contribution >= 4 is 39.1 Å². The number of nitrogens with zero attached hydrogens (tertiary/aromatic N) is 2. The molecule has 3 aromatic rings. The van der Waals surface area contributed by atoms with Gasteiger partial charge in [-0.3, -0.25) is 13.9 Å². The smallest absolute Gasteiger partial charge is 0.265 e. The molecule has 0 aliphatic heterocycles. The molecule has 0 aromatic heterocycles. The van der Waals surface area contributed by atoms with Crippen LogP contribution in [0.1, 0.15) is 51.0 Å². The SMILES string of the molecule is CCC(C(=O)NC1CCCCC1)N(Cc1ccc(Cl)cc1)C(=O)CN(c1cc(OC)ccc1OC)S(=O)(=O)c1ccc(OC)c(OC)c1. The van der Waals surface area contributed by atoms with Crippen LogP contribution in [0.4, 0.5) is 5.69 Å². The van der Waals surface area contributed by atoms with E-state index in [4.69, 9.17) is 30.5 Å². The Bertz CT molecular complexity index is 1660. The highest BCUT2D eigenvalue weighted by Gasteiger charge is 2.36. The van der Waals surface area contributed by atoms with Gasteiger partial charge in [-0.1, -0.05) is 49.9 Å². The number of ether oxygens (including phenoxy) is 4. The zero-order chi connectivity index (χ0) is 34.8. The van der Waals surface area contributed by atoms with Gasteiger partial charge in [-0.2, -0.15) is 0 Å². The van der Waals surface area contributed by atoms with Crippen molar-refractivity contribution in [2.45, 2.75) is 69.0 Å². The Morgan fingerprint density at radius 3 is 2.10 bits per heavy atom. The van der Waals surface area contributed by atoms with E-state index in [1.807, 2.05) is 6.92 Å². The first-order chi connectivity index (χ1) is 23.1. The molecule has 1 aliphatic rings.